The van der Waals surface area contributed by atoms with Gasteiger partial charge in [-0.15, -0.1) is 0 Å². The molecule has 0 aromatic heterocycles. The lowest BCUT2D eigenvalue weighted by Crippen LogP contribution is -2.09. The van der Waals surface area contributed by atoms with Gasteiger partial charge in [-0.3, -0.25) is 0 Å². The smallest absolute Gasteiger partial charge is 0.0645 e. The third kappa shape index (κ3) is 6.92. The molecule has 0 spiro atoms. The normalized spacial score (nSPS) is 13.1. The van der Waals surface area contributed by atoms with E-state index in [-0.39, 0.29) is 46.7 Å². The van der Waals surface area contributed by atoms with Gasteiger partial charge in [-0.25, -0.2) is 0 Å². The zero-order valence-corrected chi connectivity index (χ0v) is 35.2. The summed E-state index contributed by atoms with van der Waals surface area (Å²) in [5.74, 6) is 0. The summed E-state index contributed by atoms with van der Waals surface area (Å²) in [5, 5.41) is 7.74. The molecule has 0 N–H and O–H groups in total. The van der Waals surface area contributed by atoms with Gasteiger partial charge in [0.05, 0.1) is 11.0 Å². The fourth-order valence-corrected chi connectivity index (χ4v) is 9.34. The summed E-state index contributed by atoms with van der Waals surface area (Å²) in [6.07, 6.45) is 0. The van der Waals surface area contributed by atoms with E-state index < -0.39 is 24.2 Å². The second kappa shape index (κ2) is 16.3. The predicted molar refractivity (Wildman–Crippen MR) is 278 cm³/mol. The molecule has 0 atom stereocenters. The lowest BCUT2D eigenvalue weighted by Gasteiger charge is -2.26. The maximum Gasteiger partial charge on any atom is 0.0645 e. The summed E-state index contributed by atoms with van der Waals surface area (Å²) in [6.45, 7) is 0. The Morgan fingerprint density at radius 1 is 0.246 bits per heavy atom. The van der Waals surface area contributed by atoms with Crippen LogP contribution < -0.4 is 4.90 Å². The topological polar surface area (TPSA) is 3.24 Å². The maximum atomic E-state index is 9.71. The maximum absolute atomic E-state index is 9.71. The molecule has 0 unspecified atom stereocenters. The van der Waals surface area contributed by atoms with Crippen LogP contribution in [0.15, 0.2) is 261 Å². The van der Waals surface area contributed by atoms with Crippen molar-refractivity contribution in [1.29, 1.82) is 0 Å². The van der Waals surface area contributed by atoms with Crippen LogP contribution in [0.3, 0.4) is 0 Å². The Morgan fingerprint density at radius 3 is 1.20 bits per heavy atom. The zero-order valence-electron chi connectivity index (χ0n) is 43.2. The molecule has 0 saturated carbocycles. The van der Waals surface area contributed by atoms with Crippen molar-refractivity contribution in [3.8, 4) is 55.6 Å². The van der Waals surface area contributed by atoms with Gasteiger partial charge in [-0.05, 0) is 141 Å². The summed E-state index contributed by atoms with van der Waals surface area (Å²) in [5.41, 5.74) is 7.42. The number of rotatable bonds is 8. The van der Waals surface area contributed by atoms with E-state index in [0.29, 0.717) is 16.8 Å². The molecule has 1 nitrogen and oxygen atoms in total. The van der Waals surface area contributed by atoms with Crippen molar-refractivity contribution in [3.63, 3.8) is 0 Å². The molecule has 1 heteroatoms. The number of anilines is 3. The average molecular weight is 834 g/mol. The fraction of sp³-hybridized carbons (Fsp3) is 0. The standard InChI is InChI=1S/C64H43N/c1-3-17-49(18-4-1)63-61-26-12-11-25-59(61)60-42-35-51(43-62(60)64(63)50-19-5-2-6-20-50)44-29-36-52(37-30-44)65(53-38-31-47(32-39-53)57-27-13-21-45-15-7-9-23-55(45)57)54-40-33-48(34-41-54)58-28-14-22-46-16-8-10-24-56(46)58/h1-43H/i31D,32D,33D,34D,38D,39D,40D,41D. The number of benzene rings is 12. The minimum Gasteiger partial charge on any atom is -0.311 e. The molecule has 12 aromatic rings. The van der Waals surface area contributed by atoms with Gasteiger partial charge in [0.15, 0.2) is 0 Å². The van der Waals surface area contributed by atoms with Crippen LogP contribution in [0.4, 0.5) is 17.1 Å². The van der Waals surface area contributed by atoms with Gasteiger partial charge >= 0.3 is 0 Å². The van der Waals surface area contributed by atoms with Crippen LogP contribution >= 0.6 is 0 Å². The summed E-state index contributed by atoms with van der Waals surface area (Å²) in [6, 6.07) is 66.8. The predicted octanol–water partition coefficient (Wildman–Crippen LogP) is 18.1. The van der Waals surface area contributed by atoms with Gasteiger partial charge in [0.2, 0.25) is 0 Å². The summed E-state index contributed by atoms with van der Waals surface area (Å²) >= 11 is 0. The van der Waals surface area contributed by atoms with Gasteiger partial charge in [-0.1, -0.05) is 218 Å². The van der Waals surface area contributed by atoms with Gasteiger partial charge in [0.25, 0.3) is 0 Å². The van der Waals surface area contributed by atoms with Gasteiger partial charge < -0.3 is 4.90 Å². The minimum atomic E-state index is -0.396. The first kappa shape index (κ1) is 30.5. The molecule has 0 aliphatic carbocycles. The van der Waals surface area contributed by atoms with Crippen LogP contribution in [0.1, 0.15) is 11.0 Å². The van der Waals surface area contributed by atoms with E-state index in [0.717, 1.165) is 76.5 Å². The van der Waals surface area contributed by atoms with Crippen molar-refractivity contribution in [2.75, 3.05) is 4.90 Å². The summed E-state index contributed by atoms with van der Waals surface area (Å²) < 4.78 is 77.0. The van der Waals surface area contributed by atoms with Crippen molar-refractivity contribution in [1.82, 2.24) is 0 Å². The molecule has 0 amide bonds. The number of hydrogen-bond acceptors (Lipinski definition) is 1. The Hall–Kier alpha value is -8.52. The van der Waals surface area contributed by atoms with Crippen molar-refractivity contribution in [3.05, 3.63) is 261 Å². The Morgan fingerprint density at radius 2 is 0.662 bits per heavy atom. The van der Waals surface area contributed by atoms with Crippen molar-refractivity contribution in [2.24, 2.45) is 0 Å². The molecule has 304 valence electrons. The Kier molecular flexibility index (Phi) is 7.66. The molecule has 0 aliphatic rings. The third-order valence-corrected chi connectivity index (χ3v) is 12.4. The van der Waals surface area contributed by atoms with Crippen molar-refractivity contribution < 1.29 is 11.0 Å². The molecule has 12 rings (SSSR count). The molecule has 0 fully saturated rings. The third-order valence-electron chi connectivity index (χ3n) is 12.4. The van der Waals surface area contributed by atoms with Crippen LogP contribution in [-0.4, -0.2) is 0 Å². The van der Waals surface area contributed by atoms with E-state index in [4.69, 9.17) is 0 Å². The highest BCUT2D eigenvalue weighted by Crippen LogP contribution is 2.46. The van der Waals surface area contributed by atoms with E-state index in [9.17, 15) is 11.0 Å². The van der Waals surface area contributed by atoms with Crippen LogP contribution in [-0.2, 0) is 0 Å². The molecule has 0 radical (unpaired) electrons. The first-order valence-electron chi connectivity index (χ1n) is 25.8. The molecular weight excluding hydrogens is 783 g/mol. The Bertz CT molecular complexity index is 3960. The molecule has 0 bridgehead atoms. The Labute approximate surface area is 391 Å². The van der Waals surface area contributed by atoms with E-state index in [1.54, 1.807) is 24.3 Å². The molecule has 65 heavy (non-hydrogen) atoms. The molecule has 0 heterocycles. The quantitative estimate of drug-likeness (QED) is 0.138. The minimum absolute atomic E-state index is 0.117. The van der Waals surface area contributed by atoms with Crippen molar-refractivity contribution in [2.45, 2.75) is 0 Å². The summed E-state index contributed by atoms with van der Waals surface area (Å²) in [7, 11) is 0. The molecule has 0 saturated heterocycles. The van der Waals surface area contributed by atoms with Crippen LogP contribution in [0.2, 0.25) is 0 Å². The van der Waals surface area contributed by atoms with Crippen LogP contribution in [0.5, 0.6) is 0 Å². The lowest BCUT2D eigenvalue weighted by molar-refractivity contribution is 1.28. The highest BCUT2D eigenvalue weighted by atomic mass is 15.1. The molecular formula is C64H43N. The van der Waals surface area contributed by atoms with Gasteiger partial charge in [-0.2, -0.15) is 0 Å². The SMILES string of the molecule is [2H]c1c([2H])c(N(c2ccc(-c3ccc4c(c3)c(-c3ccccc3)c(-c3ccccc3)c3ccccc34)cc2)c2c([2H])c([2H])c(-c3cccc4ccccc34)c([2H])c2[2H])c([2H])c([2H])c1-c1cccc2ccccc12. The highest BCUT2D eigenvalue weighted by molar-refractivity contribution is 6.22. The van der Waals surface area contributed by atoms with E-state index in [1.807, 2.05) is 97.1 Å². The molecule has 12 aromatic carbocycles. The summed E-state index contributed by atoms with van der Waals surface area (Å²) in [4.78, 5) is 1.37. The second-order valence-electron chi connectivity index (χ2n) is 16.2. The first-order chi connectivity index (χ1) is 35.6. The first-order valence-corrected chi connectivity index (χ1v) is 21.8. The van der Waals surface area contributed by atoms with E-state index >= 15 is 0 Å². The zero-order chi connectivity index (χ0) is 50.1. The largest absolute Gasteiger partial charge is 0.311 e. The molecule has 0 aliphatic heterocycles. The highest BCUT2D eigenvalue weighted by Gasteiger charge is 2.19. The number of hydrogen-bond donors (Lipinski definition) is 0. The van der Waals surface area contributed by atoms with Gasteiger partial charge in [0, 0.05) is 17.1 Å². The van der Waals surface area contributed by atoms with E-state index in [2.05, 4.69) is 91.0 Å². The van der Waals surface area contributed by atoms with Gasteiger partial charge in [0.1, 0.15) is 0 Å². The number of fused-ring (bicyclic) bond motifs is 5. The van der Waals surface area contributed by atoms with E-state index in [1.165, 1.54) is 4.90 Å². The monoisotopic (exact) mass is 833 g/mol. The average Bonchev–Trinajstić information content (AvgIpc) is 3.44. The van der Waals surface area contributed by atoms with Crippen LogP contribution in [0.25, 0.3) is 98.7 Å². The lowest BCUT2D eigenvalue weighted by atomic mass is 9.84. The second-order valence-corrected chi connectivity index (χ2v) is 16.2. The fourth-order valence-electron chi connectivity index (χ4n) is 9.34. The Balaban J connectivity index is 1.07. The number of nitrogens with zero attached hydrogens (tertiary/aromatic N) is 1. The van der Waals surface area contributed by atoms with Crippen molar-refractivity contribution >= 4 is 60.2 Å². The van der Waals surface area contributed by atoms with Crippen LogP contribution in [0, 0.1) is 0 Å².